The number of hydrogen-bond acceptors (Lipinski definition) is 6. The SMILES string of the molecule is COc1cccc(N2CCN(c3cncc(C(=O)N4CCCC4)n3)CC2(C)C)c1. The Bertz CT molecular complexity index is 879. The molecular weight excluding hydrogens is 366 g/mol. The van der Waals surface area contributed by atoms with E-state index in [1.165, 1.54) is 0 Å². The Morgan fingerprint density at radius 2 is 1.90 bits per heavy atom. The number of carbonyl (C=O) groups excluding carboxylic acids is 1. The highest BCUT2D eigenvalue weighted by atomic mass is 16.5. The van der Waals surface area contributed by atoms with E-state index >= 15 is 0 Å². The lowest BCUT2D eigenvalue weighted by molar-refractivity contribution is 0.0786. The number of methoxy groups -OCH3 is 1. The summed E-state index contributed by atoms with van der Waals surface area (Å²) in [6.07, 6.45) is 5.48. The lowest BCUT2D eigenvalue weighted by Gasteiger charge is -2.48. The standard InChI is InChI=1S/C22H29N5O2/c1-22(2)16-26(11-12-27(22)17-7-6-8-18(13-17)29-3)20-15-23-14-19(24-20)21(28)25-9-4-5-10-25/h6-8,13-15H,4-5,9-12,16H2,1-3H3. The van der Waals surface area contributed by atoms with E-state index in [2.05, 4.69) is 45.7 Å². The van der Waals surface area contributed by atoms with Crippen LogP contribution in [0, 0.1) is 0 Å². The van der Waals surface area contributed by atoms with Crippen molar-refractivity contribution in [1.82, 2.24) is 14.9 Å². The topological polar surface area (TPSA) is 61.8 Å². The maximum Gasteiger partial charge on any atom is 0.274 e. The number of aromatic nitrogens is 2. The Kier molecular flexibility index (Phi) is 5.30. The van der Waals surface area contributed by atoms with E-state index in [0.717, 1.165) is 62.8 Å². The molecule has 154 valence electrons. The Labute approximate surface area is 172 Å². The summed E-state index contributed by atoms with van der Waals surface area (Å²) in [5, 5.41) is 0. The molecule has 0 unspecified atom stereocenters. The summed E-state index contributed by atoms with van der Waals surface area (Å²) in [5.74, 6) is 1.62. The number of piperazine rings is 1. The molecule has 2 aromatic rings. The van der Waals surface area contributed by atoms with Crippen molar-refractivity contribution in [3.05, 3.63) is 42.4 Å². The molecule has 4 rings (SSSR count). The molecule has 2 aliphatic rings. The van der Waals surface area contributed by atoms with Crippen molar-refractivity contribution in [3.63, 3.8) is 0 Å². The van der Waals surface area contributed by atoms with Gasteiger partial charge in [-0.05, 0) is 38.8 Å². The van der Waals surface area contributed by atoms with Gasteiger partial charge in [-0.2, -0.15) is 0 Å². The van der Waals surface area contributed by atoms with Crippen LogP contribution < -0.4 is 14.5 Å². The number of nitrogens with zero attached hydrogens (tertiary/aromatic N) is 5. The predicted molar refractivity (Wildman–Crippen MR) is 114 cm³/mol. The number of ether oxygens (including phenoxy) is 1. The predicted octanol–water partition coefficient (Wildman–Crippen LogP) is 2.83. The van der Waals surface area contributed by atoms with Crippen molar-refractivity contribution >= 4 is 17.4 Å². The third kappa shape index (κ3) is 3.99. The number of anilines is 2. The average molecular weight is 396 g/mol. The molecule has 2 aliphatic heterocycles. The fourth-order valence-electron chi connectivity index (χ4n) is 4.30. The maximum absolute atomic E-state index is 12.7. The Morgan fingerprint density at radius 1 is 1.10 bits per heavy atom. The van der Waals surface area contributed by atoms with Crippen molar-refractivity contribution in [3.8, 4) is 5.75 Å². The molecule has 0 saturated carbocycles. The second-order valence-corrected chi connectivity index (χ2v) is 8.35. The zero-order valence-corrected chi connectivity index (χ0v) is 17.5. The first kappa shape index (κ1) is 19.5. The van der Waals surface area contributed by atoms with Crippen LogP contribution in [0.1, 0.15) is 37.2 Å². The average Bonchev–Trinajstić information content (AvgIpc) is 3.27. The highest BCUT2D eigenvalue weighted by Crippen LogP contribution is 2.31. The van der Waals surface area contributed by atoms with Gasteiger partial charge in [0.15, 0.2) is 0 Å². The summed E-state index contributed by atoms with van der Waals surface area (Å²) < 4.78 is 5.39. The second-order valence-electron chi connectivity index (χ2n) is 8.35. The fourth-order valence-corrected chi connectivity index (χ4v) is 4.30. The zero-order chi connectivity index (χ0) is 20.4. The molecule has 1 aromatic carbocycles. The molecule has 0 spiro atoms. The van der Waals surface area contributed by atoms with Crippen LogP contribution >= 0.6 is 0 Å². The van der Waals surface area contributed by atoms with Gasteiger partial charge in [-0.1, -0.05) is 6.07 Å². The molecule has 0 radical (unpaired) electrons. The van der Waals surface area contributed by atoms with E-state index in [0.29, 0.717) is 5.69 Å². The van der Waals surface area contributed by atoms with Gasteiger partial charge in [0.05, 0.1) is 25.0 Å². The van der Waals surface area contributed by atoms with Gasteiger partial charge in [-0.15, -0.1) is 0 Å². The number of benzene rings is 1. The van der Waals surface area contributed by atoms with Crippen LogP contribution in [0.15, 0.2) is 36.7 Å². The van der Waals surface area contributed by atoms with Crippen LogP contribution in [-0.4, -0.2) is 66.1 Å². The van der Waals surface area contributed by atoms with Crippen molar-refractivity contribution in [1.29, 1.82) is 0 Å². The normalized spacial score (nSPS) is 18.8. The molecule has 2 fully saturated rings. The Hall–Kier alpha value is -2.83. The van der Waals surface area contributed by atoms with Crippen LogP contribution in [0.2, 0.25) is 0 Å². The van der Waals surface area contributed by atoms with Gasteiger partial charge in [0.25, 0.3) is 5.91 Å². The lowest BCUT2D eigenvalue weighted by Crippen LogP contribution is -2.60. The summed E-state index contributed by atoms with van der Waals surface area (Å²) in [5.41, 5.74) is 1.48. The van der Waals surface area contributed by atoms with Gasteiger partial charge in [0.2, 0.25) is 0 Å². The zero-order valence-electron chi connectivity index (χ0n) is 17.5. The van der Waals surface area contributed by atoms with Crippen molar-refractivity contribution in [2.45, 2.75) is 32.2 Å². The van der Waals surface area contributed by atoms with Gasteiger partial charge in [-0.25, -0.2) is 4.98 Å². The van der Waals surface area contributed by atoms with Crippen LogP contribution in [0.4, 0.5) is 11.5 Å². The van der Waals surface area contributed by atoms with Gasteiger partial charge in [-0.3, -0.25) is 9.78 Å². The monoisotopic (exact) mass is 395 g/mol. The third-order valence-electron chi connectivity index (χ3n) is 5.83. The van der Waals surface area contributed by atoms with Crippen molar-refractivity contribution in [2.24, 2.45) is 0 Å². The number of hydrogen-bond donors (Lipinski definition) is 0. The first-order valence-corrected chi connectivity index (χ1v) is 10.3. The van der Waals surface area contributed by atoms with Crippen LogP contribution in [-0.2, 0) is 0 Å². The van der Waals surface area contributed by atoms with Gasteiger partial charge in [0, 0.05) is 44.5 Å². The highest BCUT2D eigenvalue weighted by Gasteiger charge is 2.35. The third-order valence-corrected chi connectivity index (χ3v) is 5.83. The second kappa shape index (κ2) is 7.89. The number of amides is 1. The minimum Gasteiger partial charge on any atom is -0.497 e. The molecule has 0 bridgehead atoms. The first-order chi connectivity index (χ1) is 14.0. The van der Waals surface area contributed by atoms with E-state index in [1.807, 2.05) is 17.0 Å². The van der Waals surface area contributed by atoms with E-state index in [9.17, 15) is 4.79 Å². The van der Waals surface area contributed by atoms with E-state index in [1.54, 1.807) is 19.5 Å². The molecule has 0 aliphatic carbocycles. The lowest BCUT2D eigenvalue weighted by atomic mass is 9.97. The summed E-state index contributed by atoms with van der Waals surface area (Å²) in [7, 11) is 1.69. The van der Waals surface area contributed by atoms with Crippen molar-refractivity contribution in [2.75, 3.05) is 49.6 Å². The largest absolute Gasteiger partial charge is 0.497 e. The summed E-state index contributed by atoms with van der Waals surface area (Å²) >= 11 is 0. The molecule has 0 N–H and O–H groups in total. The molecule has 0 atom stereocenters. The van der Waals surface area contributed by atoms with Crippen LogP contribution in [0.5, 0.6) is 5.75 Å². The van der Waals surface area contributed by atoms with E-state index in [4.69, 9.17) is 4.74 Å². The molecular formula is C22H29N5O2. The first-order valence-electron chi connectivity index (χ1n) is 10.3. The number of carbonyl (C=O) groups is 1. The van der Waals surface area contributed by atoms with Gasteiger partial charge in [0.1, 0.15) is 17.3 Å². The molecule has 29 heavy (non-hydrogen) atoms. The number of likely N-dealkylation sites (tertiary alicyclic amines) is 1. The van der Waals surface area contributed by atoms with Gasteiger partial charge >= 0.3 is 0 Å². The van der Waals surface area contributed by atoms with E-state index < -0.39 is 0 Å². The highest BCUT2D eigenvalue weighted by molar-refractivity contribution is 5.92. The molecule has 2 saturated heterocycles. The van der Waals surface area contributed by atoms with E-state index in [-0.39, 0.29) is 11.4 Å². The fraction of sp³-hybridized carbons (Fsp3) is 0.500. The molecule has 1 aromatic heterocycles. The Morgan fingerprint density at radius 3 is 2.62 bits per heavy atom. The maximum atomic E-state index is 12.7. The molecule has 7 nitrogen and oxygen atoms in total. The summed E-state index contributed by atoms with van der Waals surface area (Å²) in [6.45, 7) is 8.55. The van der Waals surface area contributed by atoms with Crippen molar-refractivity contribution < 1.29 is 9.53 Å². The van der Waals surface area contributed by atoms with Crippen LogP contribution in [0.3, 0.4) is 0 Å². The summed E-state index contributed by atoms with van der Waals surface area (Å²) in [6, 6.07) is 8.18. The molecule has 1 amide bonds. The minimum atomic E-state index is -0.110. The minimum absolute atomic E-state index is 0.00822. The van der Waals surface area contributed by atoms with Gasteiger partial charge < -0.3 is 19.4 Å². The molecule has 3 heterocycles. The van der Waals surface area contributed by atoms with Crippen LogP contribution in [0.25, 0.3) is 0 Å². The molecule has 7 heteroatoms. The number of rotatable bonds is 4. The quantitative estimate of drug-likeness (QED) is 0.793. The summed E-state index contributed by atoms with van der Waals surface area (Å²) in [4.78, 5) is 28.2. The Balaban J connectivity index is 1.51. The smallest absolute Gasteiger partial charge is 0.274 e.